The fourth-order valence-electron chi connectivity index (χ4n) is 1.55. The van der Waals surface area contributed by atoms with Crippen molar-refractivity contribution in [1.29, 1.82) is 0 Å². The van der Waals surface area contributed by atoms with E-state index in [1.807, 2.05) is 11.4 Å². The summed E-state index contributed by atoms with van der Waals surface area (Å²) in [4.78, 5) is 1.28. The van der Waals surface area contributed by atoms with Crippen LogP contribution in [-0.4, -0.2) is 18.8 Å². The Labute approximate surface area is 93.2 Å². The van der Waals surface area contributed by atoms with Gasteiger partial charge in [-0.1, -0.05) is 11.6 Å². The van der Waals surface area contributed by atoms with Crippen molar-refractivity contribution in [3.05, 3.63) is 21.3 Å². The quantitative estimate of drug-likeness (QED) is 0.864. The lowest BCUT2D eigenvalue weighted by molar-refractivity contribution is 0.171. The highest BCUT2D eigenvalue weighted by Gasteiger charge is 2.28. The van der Waals surface area contributed by atoms with Crippen molar-refractivity contribution >= 4 is 22.9 Å². The summed E-state index contributed by atoms with van der Waals surface area (Å²) < 4.78 is 5.37. The first-order chi connectivity index (χ1) is 6.68. The van der Waals surface area contributed by atoms with Crippen LogP contribution in [0.25, 0.3) is 0 Å². The summed E-state index contributed by atoms with van der Waals surface area (Å²) >= 11 is 7.54. The molecule has 1 aromatic rings. The van der Waals surface area contributed by atoms with Crippen LogP contribution in [0, 0.1) is 0 Å². The number of hydrogen-bond acceptors (Lipinski definition) is 3. The molecule has 1 N–H and O–H groups in total. The molecule has 2 heterocycles. The Kier molecular flexibility index (Phi) is 3.12. The van der Waals surface area contributed by atoms with E-state index < -0.39 is 0 Å². The topological polar surface area (TPSA) is 21.3 Å². The zero-order valence-electron chi connectivity index (χ0n) is 8.18. The van der Waals surface area contributed by atoms with Crippen molar-refractivity contribution in [1.82, 2.24) is 5.32 Å². The van der Waals surface area contributed by atoms with Gasteiger partial charge in [0.15, 0.2) is 0 Å². The van der Waals surface area contributed by atoms with Crippen LogP contribution in [0.2, 0.25) is 5.02 Å². The molecule has 1 saturated heterocycles. The normalized spacial score (nSPS) is 27.0. The minimum absolute atomic E-state index is 0.149. The standard InChI is InChI=1S/C10H14ClNOS/c1-10(2-3-13-7-10)12-5-9-4-8(11)6-14-9/h4,6,12H,2-3,5,7H2,1H3. The Morgan fingerprint density at radius 3 is 3.14 bits per heavy atom. The Balaban J connectivity index is 1.87. The molecule has 0 amide bonds. The lowest BCUT2D eigenvalue weighted by Gasteiger charge is -2.23. The predicted octanol–water partition coefficient (Wildman–Crippen LogP) is 2.67. The van der Waals surface area contributed by atoms with Crippen LogP contribution in [0.5, 0.6) is 0 Å². The van der Waals surface area contributed by atoms with Gasteiger partial charge in [-0.2, -0.15) is 0 Å². The molecule has 0 aliphatic carbocycles. The van der Waals surface area contributed by atoms with Gasteiger partial charge in [-0.05, 0) is 19.4 Å². The zero-order valence-corrected chi connectivity index (χ0v) is 9.75. The number of thiophene rings is 1. The third-order valence-corrected chi connectivity index (χ3v) is 3.81. The second-order valence-electron chi connectivity index (χ2n) is 3.95. The molecule has 0 spiro atoms. The number of nitrogens with one attached hydrogen (secondary N) is 1. The minimum Gasteiger partial charge on any atom is -0.379 e. The SMILES string of the molecule is CC1(NCc2cc(Cl)cs2)CCOC1. The van der Waals surface area contributed by atoms with E-state index in [4.69, 9.17) is 16.3 Å². The molecule has 0 aromatic carbocycles. The van der Waals surface area contributed by atoms with Gasteiger partial charge in [0.05, 0.1) is 11.6 Å². The van der Waals surface area contributed by atoms with Crippen LogP contribution < -0.4 is 5.32 Å². The maximum atomic E-state index is 5.85. The van der Waals surface area contributed by atoms with Gasteiger partial charge >= 0.3 is 0 Å². The molecular formula is C10H14ClNOS. The van der Waals surface area contributed by atoms with Crippen LogP contribution >= 0.6 is 22.9 Å². The molecule has 1 aliphatic rings. The Morgan fingerprint density at radius 1 is 1.71 bits per heavy atom. The first-order valence-corrected chi connectivity index (χ1v) is 5.99. The van der Waals surface area contributed by atoms with E-state index in [1.165, 1.54) is 4.88 Å². The van der Waals surface area contributed by atoms with Gasteiger partial charge < -0.3 is 10.1 Å². The molecule has 14 heavy (non-hydrogen) atoms. The molecule has 1 fully saturated rings. The number of rotatable bonds is 3. The second kappa shape index (κ2) is 4.19. The average Bonchev–Trinajstić information content (AvgIpc) is 2.73. The van der Waals surface area contributed by atoms with E-state index in [0.717, 1.165) is 31.2 Å². The zero-order chi connectivity index (χ0) is 10.0. The lowest BCUT2D eigenvalue weighted by Crippen LogP contribution is -2.42. The van der Waals surface area contributed by atoms with Gasteiger partial charge in [0.1, 0.15) is 0 Å². The van der Waals surface area contributed by atoms with Crippen molar-refractivity contribution in [2.75, 3.05) is 13.2 Å². The van der Waals surface area contributed by atoms with Crippen molar-refractivity contribution in [3.8, 4) is 0 Å². The third-order valence-electron chi connectivity index (χ3n) is 2.53. The van der Waals surface area contributed by atoms with E-state index in [0.29, 0.717) is 0 Å². The molecule has 1 unspecified atom stereocenters. The molecule has 2 rings (SSSR count). The molecule has 0 radical (unpaired) electrons. The van der Waals surface area contributed by atoms with Crippen molar-refractivity contribution in [2.24, 2.45) is 0 Å². The monoisotopic (exact) mass is 231 g/mol. The highest BCUT2D eigenvalue weighted by molar-refractivity contribution is 7.10. The lowest BCUT2D eigenvalue weighted by atomic mass is 10.0. The number of hydrogen-bond donors (Lipinski definition) is 1. The molecule has 78 valence electrons. The maximum absolute atomic E-state index is 5.85. The summed E-state index contributed by atoms with van der Waals surface area (Å²) in [6.45, 7) is 4.77. The maximum Gasteiger partial charge on any atom is 0.0646 e. The van der Waals surface area contributed by atoms with E-state index in [-0.39, 0.29) is 5.54 Å². The van der Waals surface area contributed by atoms with Gasteiger partial charge in [0.25, 0.3) is 0 Å². The summed E-state index contributed by atoms with van der Waals surface area (Å²) in [5.41, 5.74) is 0.149. The van der Waals surface area contributed by atoms with E-state index in [9.17, 15) is 0 Å². The summed E-state index contributed by atoms with van der Waals surface area (Å²) in [6.07, 6.45) is 1.09. The Morgan fingerprint density at radius 2 is 2.57 bits per heavy atom. The van der Waals surface area contributed by atoms with E-state index in [1.54, 1.807) is 11.3 Å². The first kappa shape index (κ1) is 10.4. The molecular weight excluding hydrogens is 218 g/mol. The summed E-state index contributed by atoms with van der Waals surface area (Å²) in [5, 5.41) is 6.31. The van der Waals surface area contributed by atoms with Gasteiger partial charge in [-0.15, -0.1) is 11.3 Å². The molecule has 1 aromatic heterocycles. The fourth-order valence-corrected chi connectivity index (χ4v) is 2.57. The smallest absolute Gasteiger partial charge is 0.0646 e. The summed E-state index contributed by atoms with van der Waals surface area (Å²) in [6, 6.07) is 2.01. The third kappa shape index (κ3) is 2.48. The number of ether oxygens (including phenoxy) is 1. The largest absolute Gasteiger partial charge is 0.379 e. The summed E-state index contributed by atoms with van der Waals surface area (Å²) in [7, 11) is 0. The Bertz CT molecular complexity index is 307. The molecule has 2 nitrogen and oxygen atoms in total. The predicted molar refractivity (Wildman–Crippen MR) is 60.0 cm³/mol. The molecule has 1 aliphatic heterocycles. The van der Waals surface area contributed by atoms with Gasteiger partial charge in [0, 0.05) is 28.9 Å². The van der Waals surface area contributed by atoms with Gasteiger partial charge in [-0.3, -0.25) is 0 Å². The molecule has 4 heteroatoms. The van der Waals surface area contributed by atoms with Gasteiger partial charge in [0.2, 0.25) is 0 Å². The van der Waals surface area contributed by atoms with Crippen LogP contribution in [0.4, 0.5) is 0 Å². The highest BCUT2D eigenvalue weighted by Crippen LogP contribution is 2.22. The summed E-state index contributed by atoms with van der Waals surface area (Å²) in [5.74, 6) is 0. The van der Waals surface area contributed by atoms with Crippen LogP contribution in [-0.2, 0) is 11.3 Å². The Hall–Kier alpha value is -0.0900. The molecule has 0 bridgehead atoms. The molecule has 0 saturated carbocycles. The highest BCUT2D eigenvalue weighted by atomic mass is 35.5. The van der Waals surface area contributed by atoms with E-state index in [2.05, 4.69) is 12.2 Å². The second-order valence-corrected chi connectivity index (χ2v) is 5.38. The fraction of sp³-hybridized carbons (Fsp3) is 0.600. The molecule has 1 atom stereocenters. The van der Waals surface area contributed by atoms with Gasteiger partial charge in [-0.25, -0.2) is 0 Å². The van der Waals surface area contributed by atoms with Crippen LogP contribution in [0.1, 0.15) is 18.2 Å². The van der Waals surface area contributed by atoms with Crippen LogP contribution in [0.15, 0.2) is 11.4 Å². The van der Waals surface area contributed by atoms with Crippen LogP contribution in [0.3, 0.4) is 0 Å². The number of halogens is 1. The average molecular weight is 232 g/mol. The van der Waals surface area contributed by atoms with Crippen molar-refractivity contribution in [3.63, 3.8) is 0 Å². The minimum atomic E-state index is 0.149. The van der Waals surface area contributed by atoms with Crippen molar-refractivity contribution in [2.45, 2.75) is 25.4 Å². The van der Waals surface area contributed by atoms with E-state index >= 15 is 0 Å². The first-order valence-electron chi connectivity index (χ1n) is 4.74. The van der Waals surface area contributed by atoms with Crippen molar-refractivity contribution < 1.29 is 4.74 Å².